The number of hydrogen-bond acceptors (Lipinski definition) is 7. The number of nitrogens with zero attached hydrogens (tertiary/aromatic N) is 3. The predicted octanol–water partition coefficient (Wildman–Crippen LogP) is 2.79. The van der Waals surface area contributed by atoms with Gasteiger partial charge in [-0.2, -0.15) is 5.26 Å². The molecule has 0 fully saturated rings. The Hall–Kier alpha value is -2.76. The van der Waals surface area contributed by atoms with Crippen LogP contribution in [0.1, 0.15) is 31.0 Å². The summed E-state index contributed by atoms with van der Waals surface area (Å²) in [6.45, 7) is 2.95. The number of nitriles is 1. The van der Waals surface area contributed by atoms with Gasteiger partial charge in [-0.25, -0.2) is 4.98 Å². The summed E-state index contributed by atoms with van der Waals surface area (Å²) in [7, 11) is 0. The van der Waals surface area contributed by atoms with Crippen molar-refractivity contribution in [1.29, 1.82) is 10.7 Å². The van der Waals surface area contributed by atoms with E-state index >= 15 is 0 Å². The molecule has 1 unspecified atom stereocenters. The summed E-state index contributed by atoms with van der Waals surface area (Å²) in [4.78, 5) is 29.1. The summed E-state index contributed by atoms with van der Waals surface area (Å²) in [6.07, 6.45) is 0. The first-order valence-corrected chi connectivity index (χ1v) is 8.85. The molecule has 0 radical (unpaired) electrons. The molecule has 9 heteroatoms. The first kappa shape index (κ1) is 18.0. The lowest BCUT2D eigenvalue weighted by Gasteiger charge is -2.14. The minimum absolute atomic E-state index is 0.0545. The lowest BCUT2D eigenvalue weighted by atomic mass is 9.97. The Bertz CT molecular complexity index is 1160. The van der Waals surface area contributed by atoms with Gasteiger partial charge in [-0.3, -0.25) is 19.4 Å². The number of thiazole rings is 1. The molecule has 0 aliphatic rings. The van der Waals surface area contributed by atoms with Gasteiger partial charge >= 0.3 is 5.97 Å². The first-order valence-electron chi connectivity index (χ1n) is 7.65. The molecule has 0 aliphatic heterocycles. The fourth-order valence-corrected chi connectivity index (χ4v) is 4.01. The van der Waals surface area contributed by atoms with Crippen LogP contribution in [0.4, 0.5) is 0 Å². The van der Waals surface area contributed by atoms with Crippen LogP contribution >= 0.6 is 22.9 Å². The number of halogens is 1. The number of ether oxygens (including phenoxy) is 1. The van der Waals surface area contributed by atoms with E-state index in [-0.39, 0.29) is 23.4 Å². The van der Waals surface area contributed by atoms with E-state index in [0.717, 1.165) is 4.70 Å². The third-order valence-corrected chi connectivity index (χ3v) is 5.04. The van der Waals surface area contributed by atoms with E-state index in [4.69, 9.17) is 21.7 Å². The van der Waals surface area contributed by atoms with Gasteiger partial charge in [0.25, 0.3) is 0 Å². The van der Waals surface area contributed by atoms with Crippen LogP contribution in [0.15, 0.2) is 18.2 Å². The van der Waals surface area contributed by atoms with E-state index in [9.17, 15) is 14.9 Å². The maximum Gasteiger partial charge on any atom is 0.322 e. The standard InChI is InChI=1S/C17H13ClN4O3S/c1-3-25-16(24)13(8(2)23)14-10(7-19)15(20)22-11-5-4-9(18)6-12(11)26-17(22)21-14/h4-6,13,20H,3H2,1-2H3. The van der Waals surface area contributed by atoms with Crippen molar-refractivity contribution in [2.75, 3.05) is 6.61 Å². The smallest absolute Gasteiger partial charge is 0.322 e. The van der Waals surface area contributed by atoms with Gasteiger partial charge in [0.2, 0.25) is 0 Å². The summed E-state index contributed by atoms with van der Waals surface area (Å²) in [6, 6.07) is 7.04. The molecule has 2 heterocycles. The van der Waals surface area contributed by atoms with Crippen molar-refractivity contribution in [3.63, 3.8) is 0 Å². The summed E-state index contributed by atoms with van der Waals surface area (Å²) in [5.41, 5.74) is 0.341. The average Bonchev–Trinajstić information content (AvgIpc) is 2.92. The largest absolute Gasteiger partial charge is 0.465 e. The van der Waals surface area contributed by atoms with E-state index in [1.54, 1.807) is 25.1 Å². The SMILES string of the molecule is CCOC(=O)C(C(C)=O)c1nc2sc3cc(Cl)ccc3n2c(=N)c1C#N. The van der Waals surface area contributed by atoms with Crippen LogP contribution in [0.25, 0.3) is 15.2 Å². The number of ketones is 1. The van der Waals surface area contributed by atoms with Crippen LogP contribution < -0.4 is 5.49 Å². The maximum absolute atomic E-state index is 12.2. The van der Waals surface area contributed by atoms with E-state index < -0.39 is 17.7 Å². The number of aromatic nitrogens is 2. The fourth-order valence-electron chi connectivity index (χ4n) is 2.70. The third-order valence-electron chi connectivity index (χ3n) is 3.80. The van der Waals surface area contributed by atoms with Crippen molar-refractivity contribution in [1.82, 2.24) is 9.38 Å². The van der Waals surface area contributed by atoms with Crippen molar-refractivity contribution in [2.45, 2.75) is 19.8 Å². The summed E-state index contributed by atoms with van der Waals surface area (Å²) in [5, 5.41) is 18.5. The highest BCUT2D eigenvalue weighted by Crippen LogP contribution is 2.29. The molecular formula is C17H13ClN4O3S. The second kappa shape index (κ2) is 6.86. The second-order valence-corrected chi connectivity index (χ2v) is 6.91. The molecule has 1 atom stereocenters. The van der Waals surface area contributed by atoms with Gasteiger partial charge in [-0.15, -0.1) is 0 Å². The van der Waals surface area contributed by atoms with Crippen molar-refractivity contribution in [2.24, 2.45) is 0 Å². The van der Waals surface area contributed by atoms with E-state index in [1.807, 2.05) is 6.07 Å². The van der Waals surface area contributed by atoms with Gasteiger partial charge in [0.1, 0.15) is 17.4 Å². The number of benzene rings is 1. The topological polar surface area (TPSA) is 108 Å². The molecular weight excluding hydrogens is 376 g/mol. The minimum Gasteiger partial charge on any atom is -0.465 e. The zero-order valence-corrected chi connectivity index (χ0v) is 15.4. The summed E-state index contributed by atoms with van der Waals surface area (Å²) >= 11 is 7.27. The number of rotatable bonds is 4. The Morgan fingerprint density at radius 2 is 2.23 bits per heavy atom. The Balaban J connectivity index is 2.38. The van der Waals surface area contributed by atoms with E-state index in [2.05, 4.69) is 4.98 Å². The first-order chi connectivity index (χ1) is 12.4. The normalized spacial score (nSPS) is 12.1. The molecule has 0 aliphatic carbocycles. The van der Waals surface area contributed by atoms with Crippen LogP contribution in [0.2, 0.25) is 5.02 Å². The van der Waals surface area contributed by atoms with E-state index in [0.29, 0.717) is 15.5 Å². The monoisotopic (exact) mass is 388 g/mol. The van der Waals surface area contributed by atoms with Crippen LogP contribution in [-0.2, 0) is 14.3 Å². The van der Waals surface area contributed by atoms with Crippen molar-refractivity contribution in [3.8, 4) is 6.07 Å². The van der Waals surface area contributed by atoms with Gasteiger partial charge in [-0.1, -0.05) is 22.9 Å². The van der Waals surface area contributed by atoms with Crippen LogP contribution in [0, 0.1) is 16.7 Å². The Morgan fingerprint density at radius 1 is 1.50 bits per heavy atom. The van der Waals surface area contributed by atoms with Crippen LogP contribution in [-0.4, -0.2) is 27.7 Å². The summed E-state index contributed by atoms with van der Waals surface area (Å²) < 4.78 is 7.23. The van der Waals surface area contributed by atoms with Gasteiger partial charge in [0, 0.05) is 5.02 Å². The van der Waals surface area contributed by atoms with Crippen molar-refractivity contribution >= 4 is 49.9 Å². The van der Waals surface area contributed by atoms with E-state index in [1.165, 1.54) is 22.7 Å². The average molecular weight is 389 g/mol. The Kier molecular flexibility index (Phi) is 4.76. The molecule has 0 bridgehead atoms. The number of carbonyl (C=O) groups excluding carboxylic acids is 2. The number of carbonyl (C=O) groups is 2. The number of esters is 1. The summed E-state index contributed by atoms with van der Waals surface area (Å²) in [5.74, 6) is -2.62. The van der Waals surface area contributed by atoms with Crippen LogP contribution in [0.3, 0.4) is 0 Å². The van der Waals surface area contributed by atoms with Crippen molar-refractivity contribution < 1.29 is 14.3 Å². The molecule has 1 N–H and O–H groups in total. The Morgan fingerprint density at radius 3 is 2.85 bits per heavy atom. The fraction of sp³-hybridized carbons (Fsp3) is 0.235. The molecule has 0 saturated carbocycles. The maximum atomic E-state index is 12.2. The molecule has 0 saturated heterocycles. The molecule has 3 aromatic rings. The highest BCUT2D eigenvalue weighted by atomic mass is 35.5. The zero-order chi connectivity index (χ0) is 19.0. The molecule has 132 valence electrons. The second-order valence-electron chi connectivity index (χ2n) is 5.46. The van der Waals surface area contributed by atoms with Gasteiger partial charge in [0.05, 0.1) is 22.5 Å². The minimum atomic E-state index is -1.34. The van der Waals surface area contributed by atoms with Gasteiger partial charge in [-0.05, 0) is 32.0 Å². The molecule has 0 spiro atoms. The van der Waals surface area contributed by atoms with Gasteiger partial charge in [0.15, 0.2) is 16.4 Å². The van der Waals surface area contributed by atoms with Gasteiger partial charge < -0.3 is 4.74 Å². The molecule has 3 rings (SSSR count). The quantitative estimate of drug-likeness (QED) is 0.546. The molecule has 0 amide bonds. The lowest BCUT2D eigenvalue weighted by molar-refractivity contribution is -0.147. The molecule has 7 nitrogen and oxygen atoms in total. The number of Topliss-reactive ketones (excluding diaryl/α,β-unsaturated/α-hetero) is 1. The predicted molar refractivity (Wildman–Crippen MR) is 96.2 cm³/mol. The Labute approximate surface area is 156 Å². The van der Waals surface area contributed by atoms with Crippen molar-refractivity contribution in [3.05, 3.63) is 40.0 Å². The number of hydrogen-bond donors (Lipinski definition) is 1. The molecule has 2 aromatic heterocycles. The van der Waals surface area contributed by atoms with Crippen LogP contribution in [0.5, 0.6) is 0 Å². The third kappa shape index (κ3) is 2.85. The molecule has 26 heavy (non-hydrogen) atoms. The molecule has 1 aromatic carbocycles. The lowest BCUT2D eigenvalue weighted by Crippen LogP contribution is -2.29. The number of fused-ring (bicyclic) bond motifs is 3. The highest BCUT2D eigenvalue weighted by Gasteiger charge is 2.32. The zero-order valence-electron chi connectivity index (χ0n) is 13.9. The number of nitrogens with one attached hydrogen (secondary N) is 1. The highest BCUT2D eigenvalue weighted by molar-refractivity contribution is 7.23.